The van der Waals surface area contributed by atoms with Crippen molar-refractivity contribution in [2.45, 2.75) is 0 Å². The van der Waals surface area contributed by atoms with E-state index in [1.54, 1.807) is 17.5 Å². The molecule has 0 radical (unpaired) electrons. The number of benzene rings is 1. The largest absolute Gasteiger partial charge is 0.290 e. The van der Waals surface area contributed by atoms with Gasteiger partial charge < -0.3 is 0 Å². The van der Waals surface area contributed by atoms with Gasteiger partial charge in [-0.3, -0.25) is 4.40 Å². The minimum atomic E-state index is 0.701. The summed E-state index contributed by atoms with van der Waals surface area (Å²) in [6.07, 6.45) is 5.64. The zero-order valence-corrected chi connectivity index (χ0v) is 10.1. The van der Waals surface area contributed by atoms with Crippen molar-refractivity contribution in [1.82, 2.24) is 19.4 Å². The molecule has 0 saturated carbocycles. The molecule has 0 spiro atoms. The Morgan fingerprint density at radius 2 is 2.00 bits per heavy atom. The van der Waals surface area contributed by atoms with Gasteiger partial charge in [-0.2, -0.15) is 0 Å². The van der Waals surface area contributed by atoms with Crippen LogP contribution >= 0.6 is 11.3 Å². The van der Waals surface area contributed by atoms with E-state index in [-0.39, 0.29) is 0 Å². The van der Waals surface area contributed by atoms with Crippen LogP contribution in [0.1, 0.15) is 0 Å². The van der Waals surface area contributed by atoms with E-state index in [1.165, 1.54) is 4.70 Å². The third-order valence-corrected chi connectivity index (χ3v) is 3.81. The Morgan fingerprint density at radius 1 is 1.06 bits per heavy atom. The lowest BCUT2D eigenvalue weighted by Gasteiger charge is -1.85. The molecule has 0 saturated heterocycles. The third-order valence-electron chi connectivity index (χ3n) is 2.75. The van der Waals surface area contributed by atoms with Gasteiger partial charge in [0.15, 0.2) is 0 Å². The normalized spacial score (nSPS) is 11.3. The molecule has 0 aliphatic rings. The van der Waals surface area contributed by atoms with Crippen molar-refractivity contribution < 1.29 is 0 Å². The highest BCUT2D eigenvalue weighted by atomic mass is 32.1. The quantitative estimate of drug-likeness (QED) is 0.523. The molecule has 86 valence electrons. The van der Waals surface area contributed by atoms with Gasteiger partial charge >= 0.3 is 0 Å². The first kappa shape index (κ1) is 9.73. The van der Waals surface area contributed by atoms with Crippen LogP contribution in [0.15, 0.2) is 48.9 Å². The molecule has 0 atom stereocenters. The van der Waals surface area contributed by atoms with Gasteiger partial charge in [-0.1, -0.05) is 12.1 Å². The first-order valence-electron chi connectivity index (χ1n) is 5.56. The summed E-state index contributed by atoms with van der Waals surface area (Å²) in [4.78, 5) is 13.3. The fourth-order valence-electron chi connectivity index (χ4n) is 1.91. The molecular weight excluding hydrogens is 244 g/mol. The molecule has 4 nitrogen and oxygen atoms in total. The van der Waals surface area contributed by atoms with E-state index >= 15 is 0 Å². The molecule has 0 unspecified atom stereocenters. The molecular formula is C13H8N4S. The Bertz CT molecular complexity index is 708. The average Bonchev–Trinajstić information content (AvgIpc) is 3.02. The Hall–Kier alpha value is -2.27. The van der Waals surface area contributed by atoms with Crippen molar-refractivity contribution in [3.05, 3.63) is 48.9 Å². The van der Waals surface area contributed by atoms with Crippen LogP contribution in [0.2, 0.25) is 0 Å². The summed E-state index contributed by atoms with van der Waals surface area (Å²) in [7, 11) is 0. The molecule has 0 fully saturated rings. The van der Waals surface area contributed by atoms with Crippen molar-refractivity contribution in [2.24, 2.45) is 0 Å². The maximum atomic E-state index is 4.59. The summed E-state index contributed by atoms with van der Waals surface area (Å²) in [5.41, 5.74) is 1.89. The molecule has 18 heavy (non-hydrogen) atoms. The monoisotopic (exact) mass is 252 g/mol. The second-order valence-electron chi connectivity index (χ2n) is 3.94. The van der Waals surface area contributed by atoms with Crippen LogP contribution < -0.4 is 0 Å². The number of para-hydroxylation sites is 1. The van der Waals surface area contributed by atoms with Gasteiger partial charge in [0.25, 0.3) is 0 Å². The first-order chi connectivity index (χ1) is 8.90. The summed E-state index contributed by atoms with van der Waals surface area (Å²) < 4.78 is 3.08. The summed E-state index contributed by atoms with van der Waals surface area (Å²) in [6.45, 7) is 0. The molecule has 0 bridgehead atoms. The predicted molar refractivity (Wildman–Crippen MR) is 71.6 cm³/mol. The zero-order valence-electron chi connectivity index (χ0n) is 9.32. The molecule has 3 heterocycles. The van der Waals surface area contributed by atoms with Crippen LogP contribution in [-0.2, 0) is 0 Å². The highest BCUT2D eigenvalue weighted by Gasteiger charge is 2.09. The highest BCUT2D eigenvalue weighted by Crippen LogP contribution is 2.29. The number of thiazole rings is 1. The predicted octanol–water partition coefficient (Wildman–Crippen LogP) is 3.01. The van der Waals surface area contributed by atoms with Crippen LogP contribution in [0.5, 0.6) is 0 Å². The lowest BCUT2D eigenvalue weighted by atomic mass is 10.3. The number of imidazole rings is 1. The second-order valence-corrected chi connectivity index (χ2v) is 4.97. The average molecular weight is 252 g/mol. The van der Waals surface area contributed by atoms with Crippen molar-refractivity contribution in [3.8, 4) is 10.7 Å². The summed E-state index contributed by atoms with van der Waals surface area (Å²) in [5, 5.41) is 0.932. The SMILES string of the molecule is c1ccc2sc(-c3cn4cccnc4n3)nc2c1. The molecule has 0 amide bonds. The van der Waals surface area contributed by atoms with Gasteiger partial charge in [0.2, 0.25) is 5.78 Å². The fourth-order valence-corrected chi connectivity index (χ4v) is 2.83. The van der Waals surface area contributed by atoms with Crippen molar-refractivity contribution in [2.75, 3.05) is 0 Å². The molecule has 0 aliphatic heterocycles. The minimum Gasteiger partial charge on any atom is -0.290 e. The van der Waals surface area contributed by atoms with Crippen molar-refractivity contribution >= 4 is 27.3 Å². The van der Waals surface area contributed by atoms with E-state index in [4.69, 9.17) is 0 Å². The second kappa shape index (κ2) is 3.61. The van der Waals surface area contributed by atoms with E-state index in [0.717, 1.165) is 16.2 Å². The third kappa shape index (κ3) is 1.41. The van der Waals surface area contributed by atoms with Crippen LogP contribution in [0.25, 0.3) is 26.7 Å². The van der Waals surface area contributed by atoms with E-state index in [9.17, 15) is 0 Å². The molecule has 0 N–H and O–H groups in total. The number of rotatable bonds is 1. The lowest BCUT2D eigenvalue weighted by Crippen LogP contribution is -1.82. The minimum absolute atomic E-state index is 0.701. The van der Waals surface area contributed by atoms with E-state index in [0.29, 0.717) is 5.78 Å². The molecule has 0 aliphatic carbocycles. The van der Waals surface area contributed by atoms with Crippen LogP contribution in [0, 0.1) is 0 Å². The van der Waals surface area contributed by atoms with E-state index < -0.39 is 0 Å². The number of nitrogens with zero attached hydrogens (tertiary/aromatic N) is 4. The van der Waals surface area contributed by atoms with Gasteiger partial charge in [0.05, 0.1) is 10.2 Å². The van der Waals surface area contributed by atoms with Crippen molar-refractivity contribution in [1.29, 1.82) is 0 Å². The maximum absolute atomic E-state index is 4.59. The summed E-state index contributed by atoms with van der Waals surface area (Å²) in [5.74, 6) is 0.701. The molecule has 5 heteroatoms. The van der Waals surface area contributed by atoms with E-state index in [2.05, 4.69) is 21.0 Å². The number of fused-ring (bicyclic) bond motifs is 2. The van der Waals surface area contributed by atoms with Gasteiger partial charge in [-0.15, -0.1) is 11.3 Å². The standard InChI is InChI=1S/C13H8N4S/c1-2-5-11-9(4-1)15-12(18-11)10-8-17-7-3-6-14-13(17)16-10/h1-8H. The Balaban J connectivity index is 1.95. The highest BCUT2D eigenvalue weighted by molar-refractivity contribution is 7.21. The maximum Gasteiger partial charge on any atom is 0.234 e. The van der Waals surface area contributed by atoms with Crippen LogP contribution in [0.4, 0.5) is 0 Å². The Labute approximate surface area is 107 Å². The Morgan fingerprint density at radius 3 is 2.89 bits per heavy atom. The smallest absolute Gasteiger partial charge is 0.234 e. The number of aromatic nitrogens is 4. The van der Waals surface area contributed by atoms with Crippen molar-refractivity contribution in [3.63, 3.8) is 0 Å². The lowest BCUT2D eigenvalue weighted by molar-refractivity contribution is 1.11. The van der Waals surface area contributed by atoms with E-state index in [1.807, 2.05) is 41.1 Å². The number of hydrogen-bond acceptors (Lipinski definition) is 4. The van der Waals surface area contributed by atoms with Crippen LogP contribution in [0.3, 0.4) is 0 Å². The number of hydrogen-bond donors (Lipinski definition) is 0. The first-order valence-corrected chi connectivity index (χ1v) is 6.37. The van der Waals surface area contributed by atoms with Crippen LogP contribution in [-0.4, -0.2) is 19.4 Å². The Kier molecular flexibility index (Phi) is 1.95. The summed E-state index contributed by atoms with van der Waals surface area (Å²) in [6, 6.07) is 10.00. The molecule has 1 aromatic carbocycles. The van der Waals surface area contributed by atoms with Gasteiger partial charge in [-0.25, -0.2) is 15.0 Å². The zero-order chi connectivity index (χ0) is 11.9. The van der Waals surface area contributed by atoms with Gasteiger partial charge in [0.1, 0.15) is 10.7 Å². The molecule has 4 rings (SSSR count). The summed E-state index contributed by atoms with van der Waals surface area (Å²) >= 11 is 1.65. The topological polar surface area (TPSA) is 43.1 Å². The van der Waals surface area contributed by atoms with Gasteiger partial charge in [0, 0.05) is 18.6 Å². The fraction of sp³-hybridized carbons (Fsp3) is 0. The molecule has 4 aromatic rings. The molecule has 3 aromatic heterocycles. The van der Waals surface area contributed by atoms with Gasteiger partial charge in [-0.05, 0) is 18.2 Å².